The molecular formula is C16H29N3O4. The lowest BCUT2D eigenvalue weighted by molar-refractivity contribution is -0.153. The van der Waals surface area contributed by atoms with E-state index in [0.717, 1.165) is 45.1 Å². The molecule has 7 nitrogen and oxygen atoms in total. The van der Waals surface area contributed by atoms with E-state index in [2.05, 4.69) is 12.2 Å². The van der Waals surface area contributed by atoms with Crippen LogP contribution in [0.2, 0.25) is 0 Å². The number of primary amides is 1. The molecule has 132 valence electrons. The highest BCUT2D eigenvalue weighted by Crippen LogP contribution is 2.19. The molecule has 3 N–H and O–H groups in total. The zero-order valence-corrected chi connectivity index (χ0v) is 14.0. The summed E-state index contributed by atoms with van der Waals surface area (Å²) in [6, 6.07) is -0.251. The van der Waals surface area contributed by atoms with Crippen molar-refractivity contribution in [3.05, 3.63) is 0 Å². The molecule has 1 saturated heterocycles. The summed E-state index contributed by atoms with van der Waals surface area (Å²) >= 11 is 0. The number of amides is 3. The van der Waals surface area contributed by atoms with Crippen LogP contribution in [0.3, 0.4) is 0 Å². The van der Waals surface area contributed by atoms with Crippen molar-refractivity contribution >= 4 is 17.9 Å². The minimum atomic E-state index is -0.536. The first-order valence-electron chi connectivity index (χ1n) is 8.53. The number of hydrogen-bond donors (Lipinski definition) is 2. The van der Waals surface area contributed by atoms with E-state index in [-0.39, 0.29) is 24.5 Å². The summed E-state index contributed by atoms with van der Waals surface area (Å²) in [5.41, 5.74) is 4.94. The average molecular weight is 327 g/mol. The molecule has 1 aliphatic rings. The van der Waals surface area contributed by atoms with Crippen molar-refractivity contribution in [1.29, 1.82) is 0 Å². The van der Waals surface area contributed by atoms with Crippen LogP contribution in [-0.2, 0) is 14.3 Å². The summed E-state index contributed by atoms with van der Waals surface area (Å²) in [6.45, 7) is 3.20. The topological polar surface area (TPSA) is 102 Å². The number of urea groups is 1. The summed E-state index contributed by atoms with van der Waals surface area (Å²) in [5.74, 6) is -0.429. The van der Waals surface area contributed by atoms with E-state index in [1.807, 2.05) is 4.90 Å². The molecule has 1 atom stereocenters. The fourth-order valence-electron chi connectivity index (χ4n) is 2.83. The third kappa shape index (κ3) is 7.85. The van der Waals surface area contributed by atoms with E-state index in [1.54, 1.807) is 0 Å². The zero-order chi connectivity index (χ0) is 17.1. The Morgan fingerprint density at radius 1 is 1.22 bits per heavy atom. The summed E-state index contributed by atoms with van der Waals surface area (Å²) < 4.78 is 5.07. The molecule has 0 aromatic heterocycles. The van der Waals surface area contributed by atoms with Crippen molar-refractivity contribution < 1.29 is 19.1 Å². The fourth-order valence-corrected chi connectivity index (χ4v) is 2.83. The van der Waals surface area contributed by atoms with Gasteiger partial charge in [0, 0.05) is 25.6 Å². The second kappa shape index (κ2) is 10.9. The maximum absolute atomic E-state index is 12.1. The molecule has 0 aromatic carbocycles. The van der Waals surface area contributed by atoms with Crippen molar-refractivity contribution in [3.63, 3.8) is 0 Å². The van der Waals surface area contributed by atoms with Gasteiger partial charge >= 0.3 is 12.0 Å². The van der Waals surface area contributed by atoms with Crippen molar-refractivity contribution in [2.45, 2.75) is 64.3 Å². The number of hydrogen-bond acceptors (Lipinski definition) is 4. The van der Waals surface area contributed by atoms with Crippen molar-refractivity contribution in [2.24, 2.45) is 5.73 Å². The minimum absolute atomic E-state index is 0.0874. The van der Waals surface area contributed by atoms with Gasteiger partial charge in [-0.15, -0.1) is 0 Å². The van der Waals surface area contributed by atoms with Gasteiger partial charge in [0.15, 0.2) is 6.61 Å². The second-order valence-electron chi connectivity index (χ2n) is 5.91. The van der Waals surface area contributed by atoms with Crippen molar-refractivity contribution in [3.8, 4) is 0 Å². The van der Waals surface area contributed by atoms with E-state index in [1.165, 1.54) is 0 Å². The number of likely N-dealkylation sites (tertiary alicyclic amines) is 1. The SMILES string of the molecule is CC[C@H]1CCCCN1C(=O)COC(=O)CCCCCNC(N)=O. The summed E-state index contributed by atoms with van der Waals surface area (Å²) in [6.07, 6.45) is 6.70. The van der Waals surface area contributed by atoms with Crippen LogP contribution in [0.15, 0.2) is 0 Å². The van der Waals surface area contributed by atoms with Crippen LogP contribution in [0.5, 0.6) is 0 Å². The Labute approximate surface area is 137 Å². The molecule has 0 aromatic rings. The van der Waals surface area contributed by atoms with Crippen molar-refractivity contribution in [2.75, 3.05) is 19.7 Å². The van der Waals surface area contributed by atoms with Gasteiger partial charge in [-0.25, -0.2) is 4.79 Å². The molecule has 7 heteroatoms. The number of rotatable bonds is 9. The van der Waals surface area contributed by atoms with E-state index >= 15 is 0 Å². The Balaban J connectivity index is 2.12. The monoisotopic (exact) mass is 327 g/mol. The van der Waals surface area contributed by atoms with Crippen LogP contribution in [0, 0.1) is 0 Å². The van der Waals surface area contributed by atoms with Crippen LogP contribution < -0.4 is 11.1 Å². The first kappa shape index (κ1) is 19.3. The Hall–Kier alpha value is -1.79. The van der Waals surface area contributed by atoms with E-state index in [0.29, 0.717) is 19.4 Å². The predicted octanol–water partition coefficient (Wildman–Crippen LogP) is 1.55. The number of unbranched alkanes of at least 4 members (excludes halogenated alkanes) is 2. The lowest BCUT2D eigenvalue weighted by Gasteiger charge is -2.35. The Bertz CT molecular complexity index is 401. The second-order valence-corrected chi connectivity index (χ2v) is 5.91. The lowest BCUT2D eigenvalue weighted by Crippen LogP contribution is -2.45. The normalized spacial score (nSPS) is 17.6. The van der Waals surface area contributed by atoms with Crippen molar-refractivity contribution in [1.82, 2.24) is 10.2 Å². The van der Waals surface area contributed by atoms with Crippen LogP contribution >= 0.6 is 0 Å². The molecule has 0 spiro atoms. The van der Waals surface area contributed by atoms with Crippen LogP contribution in [0.25, 0.3) is 0 Å². The summed E-state index contributed by atoms with van der Waals surface area (Å²) in [4.78, 5) is 36.1. The maximum atomic E-state index is 12.1. The van der Waals surface area contributed by atoms with E-state index in [9.17, 15) is 14.4 Å². The molecule has 0 radical (unpaired) electrons. The first-order valence-corrected chi connectivity index (χ1v) is 8.53. The summed E-state index contributed by atoms with van der Waals surface area (Å²) in [5, 5.41) is 2.49. The Morgan fingerprint density at radius 2 is 2.00 bits per heavy atom. The fraction of sp³-hybridized carbons (Fsp3) is 0.812. The molecule has 0 saturated carbocycles. The Morgan fingerprint density at radius 3 is 2.70 bits per heavy atom. The van der Waals surface area contributed by atoms with Gasteiger partial charge in [-0.05, 0) is 38.5 Å². The smallest absolute Gasteiger partial charge is 0.312 e. The summed E-state index contributed by atoms with van der Waals surface area (Å²) in [7, 11) is 0. The Kier molecular flexibility index (Phi) is 9.09. The van der Waals surface area contributed by atoms with Crippen LogP contribution in [-0.4, -0.2) is 48.5 Å². The highest BCUT2D eigenvalue weighted by molar-refractivity contribution is 5.81. The zero-order valence-electron chi connectivity index (χ0n) is 14.0. The van der Waals surface area contributed by atoms with Gasteiger partial charge in [0.05, 0.1) is 0 Å². The molecular weight excluding hydrogens is 298 g/mol. The number of nitrogens with two attached hydrogens (primary N) is 1. The molecule has 0 bridgehead atoms. The quantitative estimate of drug-likeness (QED) is 0.495. The van der Waals surface area contributed by atoms with Gasteiger partial charge in [0.25, 0.3) is 5.91 Å². The largest absolute Gasteiger partial charge is 0.456 e. The molecule has 1 heterocycles. The van der Waals surface area contributed by atoms with E-state index in [4.69, 9.17) is 10.5 Å². The van der Waals surface area contributed by atoms with Gasteiger partial charge in [0.1, 0.15) is 0 Å². The number of nitrogens with one attached hydrogen (secondary N) is 1. The van der Waals surface area contributed by atoms with Crippen LogP contribution in [0.1, 0.15) is 58.3 Å². The van der Waals surface area contributed by atoms with Gasteiger partial charge in [-0.3, -0.25) is 9.59 Å². The molecule has 1 fully saturated rings. The van der Waals surface area contributed by atoms with Gasteiger partial charge in [-0.2, -0.15) is 0 Å². The average Bonchev–Trinajstić information content (AvgIpc) is 2.55. The minimum Gasteiger partial charge on any atom is -0.456 e. The van der Waals surface area contributed by atoms with Gasteiger partial charge in [-0.1, -0.05) is 13.3 Å². The standard InChI is InChI=1S/C16H29N3O4/c1-2-13-8-5-7-11-19(13)14(20)12-23-15(21)9-4-3-6-10-18-16(17)22/h13H,2-12H2,1H3,(H3,17,18,22)/t13-/m0/s1. The van der Waals surface area contributed by atoms with Crippen LogP contribution in [0.4, 0.5) is 4.79 Å². The van der Waals surface area contributed by atoms with Gasteiger partial charge < -0.3 is 20.7 Å². The number of carbonyl (C=O) groups is 3. The molecule has 0 aliphatic carbocycles. The lowest BCUT2D eigenvalue weighted by atomic mass is 10.00. The number of esters is 1. The molecule has 23 heavy (non-hydrogen) atoms. The van der Waals surface area contributed by atoms with E-state index < -0.39 is 6.03 Å². The molecule has 0 unspecified atom stereocenters. The molecule has 1 rings (SSSR count). The maximum Gasteiger partial charge on any atom is 0.312 e. The number of piperidine rings is 1. The predicted molar refractivity (Wildman–Crippen MR) is 86.7 cm³/mol. The third-order valence-electron chi connectivity index (χ3n) is 4.13. The molecule has 1 aliphatic heterocycles. The first-order chi connectivity index (χ1) is 11.0. The highest BCUT2D eigenvalue weighted by Gasteiger charge is 2.25. The number of carbonyl (C=O) groups excluding carboxylic acids is 3. The molecule has 3 amide bonds. The number of nitrogens with zero attached hydrogens (tertiary/aromatic N) is 1. The third-order valence-corrected chi connectivity index (χ3v) is 4.13. The highest BCUT2D eigenvalue weighted by atomic mass is 16.5. The number of ether oxygens (including phenoxy) is 1. The van der Waals surface area contributed by atoms with Gasteiger partial charge in [0.2, 0.25) is 0 Å².